The van der Waals surface area contributed by atoms with Gasteiger partial charge in [-0.15, -0.1) is 0 Å². The van der Waals surface area contributed by atoms with Crippen LogP contribution >= 0.6 is 0 Å². The highest BCUT2D eigenvalue weighted by molar-refractivity contribution is 6.08. The number of anilines is 1. The summed E-state index contributed by atoms with van der Waals surface area (Å²) in [5, 5.41) is 7.26. The van der Waals surface area contributed by atoms with Crippen LogP contribution in [-0.2, 0) is 9.59 Å². The lowest BCUT2D eigenvalue weighted by Crippen LogP contribution is -2.48. The Balaban J connectivity index is 1.73. The van der Waals surface area contributed by atoms with E-state index in [1.807, 2.05) is 19.1 Å². The number of hydrogen-bond acceptors (Lipinski definition) is 3. The molecule has 3 aliphatic rings. The van der Waals surface area contributed by atoms with Crippen LogP contribution in [0.1, 0.15) is 43.7 Å². The Morgan fingerprint density at radius 2 is 1.82 bits per heavy atom. The predicted molar refractivity (Wildman–Crippen MR) is 83.5 cm³/mol. The van der Waals surface area contributed by atoms with Gasteiger partial charge in [0, 0.05) is 23.4 Å². The van der Waals surface area contributed by atoms with Crippen molar-refractivity contribution < 1.29 is 9.59 Å². The summed E-state index contributed by atoms with van der Waals surface area (Å²) < 4.78 is 0. The number of carbonyl (C=O) groups is 2. The maximum atomic E-state index is 11.9. The minimum Gasteiger partial charge on any atom is -0.326 e. The Morgan fingerprint density at radius 1 is 1.05 bits per heavy atom. The minimum atomic E-state index is -0.0350. The predicted octanol–water partition coefficient (Wildman–Crippen LogP) is 2.24. The van der Waals surface area contributed by atoms with Crippen LogP contribution in [0.5, 0.6) is 0 Å². The van der Waals surface area contributed by atoms with E-state index in [9.17, 15) is 9.59 Å². The van der Waals surface area contributed by atoms with Crippen LogP contribution in [-0.4, -0.2) is 17.5 Å². The van der Waals surface area contributed by atoms with Gasteiger partial charge in [-0.1, -0.05) is 19.9 Å². The van der Waals surface area contributed by atoms with Crippen LogP contribution in [0.2, 0.25) is 0 Å². The lowest BCUT2D eigenvalue weighted by Gasteiger charge is -2.39. The van der Waals surface area contributed by atoms with Crippen molar-refractivity contribution in [3.8, 4) is 0 Å². The van der Waals surface area contributed by atoms with Gasteiger partial charge in [0.2, 0.25) is 11.8 Å². The van der Waals surface area contributed by atoms with Gasteiger partial charge in [0.15, 0.2) is 0 Å². The molecule has 0 bridgehead atoms. The molecule has 0 saturated heterocycles. The summed E-state index contributed by atoms with van der Waals surface area (Å²) in [6.45, 7) is 4.04. The molecule has 2 aliphatic heterocycles. The van der Waals surface area contributed by atoms with Crippen molar-refractivity contribution in [2.45, 2.75) is 32.6 Å². The quantitative estimate of drug-likeness (QED) is 0.834. The number of benzene rings is 1. The van der Waals surface area contributed by atoms with Crippen LogP contribution in [0.25, 0.3) is 0 Å². The molecule has 1 aliphatic carbocycles. The van der Waals surface area contributed by atoms with E-state index in [2.05, 4.69) is 28.8 Å². The van der Waals surface area contributed by atoms with Gasteiger partial charge in [-0.2, -0.15) is 5.10 Å². The molecule has 0 radical (unpaired) electrons. The lowest BCUT2D eigenvalue weighted by molar-refractivity contribution is -0.129. The molecule has 0 spiro atoms. The second kappa shape index (κ2) is 4.66. The van der Waals surface area contributed by atoms with Gasteiger partial charge < -0.3 is 5.32 Å². The zero-order chi connectivity index (χ0) is 15.4. The third-order valence-corrected chi connectivity index (χ3v) is 5.51. The molecule has 0 aromatic heterocycles. The third kappa shape index (κ3) is 1.81. The summed E-state index contributed by atoms with van der Waals surface area (Å²) in [7, 11) is 0. The summed E-state index contributed by atoms with van der Waals surface area (Å²) in [6.07, 6.45) is 1.97. The fourth-order valence-electron chi connectivity index (χ4n) is 3.66. The Kier molecular flexibility index (Phi) is 2.86. The highest BCUT2D eigenvalue weighted by Crippen LogP contribution is 2.41. The SMILES string of the molecule is CC1C(=O)Nc2ccc(C3=NNC(=O)C4CCC34)cc2C1C. The lowest BCUT2D eigenvalue weighted by atomic mass is 9.68. The second-order valence-corrected chi connectivity index (χ2v) is 6.63. The number of carbonyl (C=O) groups excluding carboxylic acids is 2. The zero-order valence-corrected chi connectivity index (χ0v) is 12.7. The molecule has 2 N–H and O–H groups in total. The Bertz CT molecular complexity index is 710. The molecule has 2 amide bonds. The summed E-state index contributed by atoms with van der Waals surface area (Å²) >= 11 is 0. The van der Waals surface area contributed by atoms with Crippen molar-refractivity contribution in [1.82, 2.24) is 5.43 Å². The Morgan fingerprint density at radius 3 is 2.55 bits per heavy atom. The fraction of sp³-hybridized carbons (Fsp3) is 0.471. The molecule has 5 nitrogen and oxygen atoms in total. The fourth-order valence-corrected chi connectivity index (χ4v) is 3.66. The van der Waals surface area contributed by atoms with Crippen molar-refractivity contribution in [3.05, 3.63) is 29.3 Å². The van der Waals surface area contributed by atoms with Crippen LogP contribution in [0.4, 0.5) is 5.69 Å². The minimum absolute atomic E-state index is 0.0350. The highest BCUT2D eigenvalue weighted by atomic mass is 16.2. The first-order chi connectivity index (χ1) is 10.6. The van der Waals surface area contributed by atoms with Gasteiger partial charge in [-0.05, 0) is 42.0 Å². The van der Waals surface area contributed by atoms with E-state index in [4.69, 9.17) is 0 Å². The second-order valence-electron chi connectivity index (χ2n) is 6.63. The largest absolute Gasteiger partial charge is 0.326 e. The monoisotopic (exact) mass is 297 g/mol. The summed E-state index contributed by atoms with van der Waals surface area (Å²) in [5.74, 6) is 0.602. The van der Waals surface area contributed by atoms with Gasteiger partial charge in [0.1, 0.15) is 0 Å². The van der Waals surface area contributed by atoms with Gasteiger partial charge in [-0.25, -0.2) is 5.43 Å². The number of nitrogens with one attached hydrogen (secondary N) is 2. The van der Waals surface area contributed by atoms with Crippen LogP contribution < -0.4 is 10.7 Å². The van der Waals surface area contributed by atoms with Crippen molar-refractivity contribution in [1.29, 1.82) is 0 Å². The Labute approximate surface area is 129 Å². The topological polar surface area (TPSA) is 70.6 Å². The van der Waals surface area contributed by atoms with Gasteiger partial charge >= 0.3 is 0 Å². The number of hydrogen-bond donors (Lipinski definition) is 2. The van der Waals surface area contributed by atoms with Crippen molar-refractivity contribution in [2.75, 3.05) is 5.32 Å². The Hall–Kier alpha value is -2.17. The summed E-state index contributed by atoms with van der Waals surface area (Å²) in [5.41, 5.74) is 6.74. The molecular weight excluding hydrogens is 278 g/mol. The maximum absolute atomic E-state index is 11.9. The van der Waals surface area contributed by atoms with Gasteiger partial charge in [0.05, 0.1) is 5.71 Å². The average molecular weight is 297 g/mol. The van der Waals surface area contributed by atoms with Crippen LogP contribution in [0.3, 0.4) is 0 Å². The van der Waals surface area contributed by atoms with E-state index in [1.54, 1.807) is 0 Å². The van der Waals surface area contributed by atoms with E-state index >= 15 is 0 Å². The molecule has 2 heterocycles. The van der Waals surface area contributed by atoms with E-state index in [1.165, 1.54) is 0 Å². The number of nitrogens with zero attached hydrogens (tertiary/aromatic N) is 1. The number of fused-ring (bicyclic) bond motifs is 2. The van der Waals surface area contributed by atoms with E-state index in [-0.39, 0.29) is 35.5 Å². The molecule has 4 unspecified atom stereocenters. The molecule has 5 heteroatoms. The summed E-state index contributed by atoms with van der Waals surface area (Å²) in [6, 6.07) is 6.08. The maximum Gasteiger partial charge on any atom is 0.243 e. The number of hydrazone groups is 1. The van der Waals surface area contributed by atoms with Crippen molar-refractivity contribution >= 4 is 23.2 Å². The molecule has 1 saturated carbocycles. The molecule has 1 fully saturated rings. The van der Waals surface area contributed by atoms with E-state index in [0.29, 0.717) is 0 Å². The molecule has 1 aromatic carbocycles. The molecule has 4 atom stereocenters. The summed E-state index contributed by atoms with van der Waals surface area (Å²) in [4.78, 5) is 23.6. The first-order valence-electron chi connectivity index (χ1n) is 7.89. The van der Waals surface area contributed by atoms with E-state index < -0.39 is 0 Å². The van der Waals surface area contributed by atoms with Gasteiger partial charge in [0.25, 0.3) is 0 Å². The smallest absolute Gasteiger partial charge is 0.243 e. The highest BCUT2D eigenvalue weighted by Gasteiger charge is 2.43. The zero-order valence-electron chi connectivity index (χ0n) is 12.7. The molecule has 22 heavy (non-hydrogen) atoms. The molecule has 114 valence electrons. The average Bonchev–Trinajstić information content (AvgIpc) is 2.46. The molecule has 1 aromatic rings. The first-order valence-corrected chi connectivity index (χ1v) is 7.89. The standard InChI is InChI=1S/C17H19N3O2/c1-8-9(2)16(21)18-14-6-3-10(7-13(8)14)15-11-4-5-12(11)17(22)20-19-15/h3,6-9,11-12H,4-5H2,1-2H3,(H,18,21)(H,20,22). The molecular formula is C17H19N3O2. The number of rotatable bonds is 1. The normalized spacial score (nSPS) is 32.9. The van der Waals surface area contributed by atoms with E-state index in [0.717, 1.165) is 35.4 Å². The van der Waals surface area contributed by atoms with Crippen LogP contribution in [0, 0.1) is 17.8 Å². The van der Waals surface area contributed by atoms with Crippen LogP contribution in [0.15, 0.2) is 23.3 Å². The molecule has 4 rings (SSSR count). The third-order valence-electron chi connectivity index (χ3n) is 5.51. The first kappa shape index (κ1) is 13.5. The number of amides is 2. The van der Waals surface area contributed by atoms with Gasteiger partial charge in [-0.3, -0.25) is 9.59 Å². The van der Waals surface area contributed by atoms with Crippen molar-refractivity contribution in [2.24, 2.45) is 22.9 Å². The van der Waals surface area contributed by atoms with Crippen molar-refractivity contribution in [3.63, 3.8) is 0 Å².